The van der Waals surface area contributed by atoms with Crippen LogP contribution in [-0.4, -0.2) is 65.4 Å². The third-order valence-corrected chi connectivity index (χ3v) is 5.97. The summed E-state index contributed by atoms with van der Waals surface area (Å²) in [6, 6.07) is 10.0. The fourth-order valence-corrected chi connectivity index (χ4v) is 4.63. The standard InChI is InChI=1S/C25H37NO7/c1-23(2,3)33-22(27)26-14-17(30-24(26,4)5)13-18-19(28-15-16-11-9-8-10-12-16)20-21(29-18)32-25(6,7)31-20/h8-12,17-21H,13-15H2,1-7H3/t17-,18+,19-,20+,21+/m0/s1. The topological polar surface area (TPSA) is 75.7 Å². The molecule has 4 rings (SSSR count). The Bertz CT molecular complexity index is 835. The number of benzene rings is 1. The molecule has 8 heteroatoms. The maximum absolute atomic E-state index is 12.7. The monoisotopic (exact) mass is 463 g/mol. The van der Waals surface area contributed by atoms with Gasteiger partial charge in [0.2, 0.25) is 0 Å². The number of hydrogen-bond donors (Lipinski definition) is 0. The lowest BCUT2D eigenvalue weighted by Crippen LogP contribution is -2.46. The van der Waals surface area contributed by atoms with Crippen molar-refractivity contribution < 1.29 is 33.2 Å². The number of ether oxygens (including phenoxy) is 6. The van der Waals surface area contributed by atoms with Crippen molar-refractivity contribution in [3.05, 3.63) is 35.9 Å². The zero-order valence-corrected chi connectivity index (χ0v) is 20.7. The maximum Gasteiger partial charge on any atom is 0.412 e. The highest BCUT2D eigenvalue weighted by Gasteiger charge is 2.56. The lowest BCUT2D eigenvalue weighted by molar-refractivity contribution is -0.222. The smallest absolute Gasteiger partial charge is 0.412 e. The molecule has 33 heavy (non-hydrogen) atoms. The van der Waals surface area contributed by atoms with Crippen LogP contribution < -0.4 is 0 Å². The van der Waals surface area contributed by atoms with Gasteiger partial charge in [-0.3, -0.25) is 4.90 Å². The minimum atomic E-state index is -0.781. The van der Waals surface area contributed by atoms with E-state index in [-0.39, 0.29) is 30.5 Å². The van der Waals surface area contributed by atoms with Crippen LogP contribution in [0.1, 0.15) is 60.5 Å². The lowest BCUT2D eigenvalue weighted by Gasteiger charge is -2.31. The second-order valence-electron chi connectivity index (χ2n) is 10.9. The number of rotatable bonds is 5. The summed E-state index contributed by atoms with van der Waals surface area (Å²) in [5.74, 6) is -0.728. The van der Waals surface area contributed by atoms with E-state index in [2.05, 4.69) is 0 Å². The molecule has 0 spiro atoms. The highest BCUT2D eigenvalue weighted by atomic mass is 16.8. The van der Waals surface area contributed by atoms with E-state index in [0.29, 0.717) is 19.6 Å². The Labute approximate surface area is 196 Å². The molecule has 0 aliphatic carbocycles. The Morgan fingerprint density at radius 2 is 1.79 bits per heavy atom. The van der Waals surface area contributed by atoms with Crippen molar-refractivity contribution in [1.82, 2.24) is 4.90 Å². The first-order valence-electron chi connectivity index (χ1n) is 11.7. The third-order valence-electron chi connectivity index (χ3n) is 5.97. The van der Waals surface area contributed by atoms with Gasteiger partial charge in [0.05, 0.1) is 25.4 Å². The van der Waals surface area contributed by atoms with Crippen LogP contribution in [-0.2, 0) is 35.0 Å². The van der Waals surface area contributed by atoms with Crippen molar-refractivity contribution in [2.75, 3.05) is 6.54 Å². The van der Waals surface area contributed by atoms with E-state index in [9.17, 15) is 4.79 Å². The molecular formula is C25H37NO7. The Balaban J connectivity index is 1.44. The van der Waals surface area contributed by atoms with E-state index in [4.69, 9.17) is 28.4 Å². The van der Waals surface area contributed by atoms with Crippen LogP contribution >= 0.6 is 0 Å². The summed E-state index contributed by atoms with van der Waals surface area (Å²) in [7, 11) is 0. The van der Waals surface area contributed by atoms with E-state index in [0.717, 1.165) is 5.56 Å². The largest absolute Gasteiger partial charge is 0.444 e. The zero-order valence-electron chi connectivity index (χ0n) is 20.7. The molecule has 0 N–H and O–H groups in total. The molecule has 0 saturated carbocycles. The van der Waals surface area contributed by atoms with Gasteiger partial charge in [0.1, 0.15) is 23.5 Å². The summed E-state index contributed by atoms with van der Waals surface area (Å²) >= 11 is 0. The van der Waals surface area contributed by atoms with Gasteiger partial charge in [-0.25, -0.2) is 4.79 Å². The molecule has 0 bridgehead atoms. The van der Waals surface area contributed by atoms with Gasteiger partial charge in [-0.2, -0.15) is 0 Å². The zero-order chi connectivity index (χ0) is 24.0. The van der Waals surface area contributed by atoms with Gasteiger partial charge in [-0.15, -0.1) is 0 Å². The fraction of sp³-hybridized carbons (Fsp3) is 0.720. The minimum absolute atomic E-state index is 0.229. The summed E-state index contributed by atoms with van der Waals surface area (Å²) in [5.41, 5.74) is -0.279. The summed E-state index contributed by atoms with van der Waals surface area (Å²) in [4.78, 5) is 14.4. The Hall–Kier alpha value is -1.71. The molecule has 1 amide bonds. The van der Waals surface area contributed by atoms with E-state index in [1.807, 2.05) is 78.8 Å². The van der Waals surface area contributed by atoms with Crippen LogP contribution in [0.3, 0.4) is 0 Å². The van der Waals surface area contributed by atoms with Gasteiger partial charge >= 0.3 is 6.09 Å². The average molecular weight is 464 g/mol. The second kappa shape index (κ2) is 8.82. The number of carbonyl (C=O) groups excluding carboxylic acids is 1. The lowest BCUT2D eigenvalue weighted by atomic mass is 10.0. The summed E-state index contributed by atoms with van der Waals surface area (Å²) in [6.07, 6.45) is -1.51. The Morgan fingerprint density at radius 3 is 2.45 bits per heavy atom. The van der Waals surface area contributed by atoms with E-state index in [1.54, 1.807) is 4.90 Å². The molecule has 3 aliphatic rings. The first kappa shape index (κ1) is 24.4. The van der Waals surface area contributed by atoms with Crippen LogP contribution in [0.4, 0.5) is 4.79 Å². The first-order chi connectivity index (χ1) is 15.3. The van der Waals surface area contributed by atoms with Crippen LogP contribution in [0.2, 0.25) is 0 Å². The molecule has 0 radical (unpaired) electrons. The van der Waals surface area contributed by atoms with Crippen LogP contribution in [0.15, 0.2) is 30.3 Å². The van der Waals surface area contributed by atoms with Gasteiger partial charge < -0.3 is 28.4 Å². The normalized spacial score (nSPS) is 32.7. The number of amides is 1. The summed E-state index contributed by atoms with van der Waals surface area (Å²) < 4.78 is 36.5. The number of carbonyl (C=O) groups is 1. The Kier molecular flexibility index (Phi) is 6.52. The van der Waals surface area contributed by atoms with Gasteiger partial charge in [0, 0.05) is 6.42 Å². The Morgan fingerprint density at radius 1 is 1.09 bits per heavy atom. The van der Waals surface area contributed by atoms with Crippen LogP contribution in [0.5, 0.6) is 0 Å². The fourth-order valence-electron chi connectivity index (χ4n) is 4.63. The van der Waals surface area contributed by atoms with Crippen molar-refractivity contribution in [1.29, 1.82) is 0 Å². The van der Waals surface area contributed by atoms with Crippen molar-refractivity contribution in [3.8, 4) is 0 Å². The molecular weight excluding hydrogens is 426 g/mol. The maximum atomic E-state index is 12.7. The highest BCUT2D eigenvalue weighted by Crippen LogP contribution is 2.41. The van der Waals surface area contributed by atoms with E-state index >= 15 is 0 Å². The molecule has 3 heterocycles. The van der Waals surface area contributed by atoms with Crippen molar-refractivity contribution in [2.45, 2.75) is 109 Å². The molecule has 5 atom stereocenters. The number of nitrogens with zero attached hydrogens (tertiary/aromatic N) is 1. The van der Waals surface area contributed by atoms with Gasteiger partial charge in [-0.1, -0.05) is 30.3 Å². The third kappa shape index (κ3) is 5.69. The second-order valence-corrected chi connectivity index (χ2v) is 10.9. The average Bonchev–Trinajstić information content (AvgIpc) is 3.26. The number of fused-ring (bicyclic) bond motifs is 1. The van der Waals surface area contributed by atoms with Gasteiger partial charge in [0.25, 0.3) is 0 Å². The van der Waals surface area contributed by atoms with Crippen LogP contribution in [0, 0.1) is 0 Å². The van der Waals surface area contributed by atoms with Crippen molar-refractivity contribution in [3.63, 3.8) is 0 Å². The predicted octanol–water partition coefficient (Wildman–Crippen LogP) is 4.21. The molecule has 8 nitrogen and oxygen atoms in total. The molecule has 3 aliphatic heterocycles. The quantitative estimate of drug-likeness (QED) is 0.647. The highest BCUT2D eigenvalue weighted by molar-refractivity contribution is 5.69. The van der Waals surface area contributed by atoms with Gasteiger partial charge in [-0.05, 0) is 54.0 Å². The minimum Gasteiger partial charge on any atom is -0.444 e. The molecule has 3 fully saturated rings. The van der Waals surface area contributed by atoms with Crippen LogP contribution in [0.25, 0.3) is 0 Å². The number of hydrogen-bond acceptors (Lipinski definition) is 7. The van der Waals surface area contributed by atoms with Gasteiger partial charge in [0.15, 0.2) is 12.1 Å². The first-order valence-corrected chi connectivity index (χ1v) is 11.7. The molecule has 3 saturated heterocycles. The molecule has 1 aromatic rings. The predicted molar refractivity (Wildman–Crippen MR) is 120 cm³/mol. The molecule has 1 aromatic carbocycles. The summed E-state index contributed by atoms with van der Waals surface area (Å²) in [5, 5.41) is 0. The van der Waals surface area contributed by atoms with E-state index in [1.165, 1.54) is 0 Å². The SMILES string of the molecule is CC(C)(C)OC(=O)N1C[C@H](C[C@H]2O[C@@H]3OC(C)(C)O[C@@H]3[C@H]2OCc2ccccc2)OC1(C)C. The molecule has 0 unspecified atom stereocenters. The van der Waals surface area contributed by atoms with Crippen molar-refractivity contribution >= 4 is 6.09 Å². The van der Waals surface area contributed by atoms with Crippen molar-refractivity contribution in [2.24, 2.45) is 0 Å². The van der Waals surface area contributed by atoms with E-state index < -0.39 is 23.4 Å². The molecule has 0 aromatic heterocycles. The molecule has 184 valence electrons. The summed E-state index contributed by atoms with van der Waals surface area (Å²) in [6.45, 7) is 13.9.